The third-order valence-corrected chi connectivity index (χ3v) is 5.41. The maximum absolute atomic E-state index is 10.1. The van der Waals surface area contributed by atoms with Crippen LogP contribution in [0.5, 0.6) is 0 Å². The molecule has 1 fully saturated rings. The summed E-state index contributed by atoms with van der Waals surface area (Å²) in [5.74, 6) is 0.486. The van der Waals surface area contributed by atoms with Crippen molar-refractivity contribution in [3.05, 3.63) is 71.8 Å². The average Bonchev–Trinajstić information content (AvgIpc) is 3.02. The van der Waals surface area contributed by atoms with E-state index in [1.165, 1.54) is 24.0 Å². The fourth-order valence-electron chi connectivity index (χ4n) is 4.02. The van der Waals surface area contributed by atoms with Crippen LogP contribution in [-0.4, -0.2) is 35.3 Å². The van der Waals surface area contributed by atoms with E-state index in [4.69, 9.17) is 4.74 Å². The van der Waals surface area contributed by atoms with Crippen LogP contribution in [0.1, 0.15) is 37.3 Å². The largest absolute Gasteiger partial charge is 0.395 e. The zero-order chi connectivity index (χ0) is 18.2. The average molecular weight is 354 g/mol. The van der Waals surface area contributed by atoms with Crippen LogP contribution in [0, 0.1) is 5.92 Å². The van der Waals surface area contributed by atoms with Crippen molar-refractivity contribution in [1.29, 1.82) is 0 Å². The van der Waals surface area contributed by atoms with Crippen LogP contribution < -0.4 is 0 Å². The quantitative estimate of drug-likeness (QED) is 0.731. The zero-order valence-corrected chi connectivity index (χ0v) is 15.8. The van der Waals surface area contributed by atoms with Crippen molar-refractivity contribution < 1.29 is 9.84 Å². The lowest BCUT2D eigenvalue weighted by molar-refractivity contribution is -0.0214. The van der Waals surface area contributed by atoms with Gasteiger partial charge in [-0.05, 0) is 23.5 Å². The second kappa shape index (κ2) is 9.86. The molecule has 1 aliphatic rings. The standard InChI is InChI=1S/C23H31NO2/c1-2-3-14-21-16-24(15-19-10-6-4-7-11-19)22(17-25)23(21)26-18-20-12-8-5-9-13-20/h4-13,21-23,25H,2-3,14-18H2,1H3/t21-,22-,23+/m0/s1. The second-order valence-corrected chi connectivity index (χ2v) is 7.33. The monoisotopic (exact) mass is 353 g/mol. The molecule has 3 atom stereocenters. The first-order chi connectivity index (χ1) is 12.8. The number of unbranched alkanes of at least 4 members (excludes halogenated alkanes) is 1. The molecule has 0 bridgehead atoms. The van der Waals surface area contributed by atoms with Gasteiger partial charge in [0.25, 0.3) is 0 Å². The van der Waals surface area contributed by atoms with Gasteiger partial charge in [0.05, 0.1) is 25.4 Å². The van der Waals surface area contributed by atoms with Crippen molar-refractivity contribution in [1.82, 2.24) is 4.90 Å². The number of nitrogens with zero attached hydrogens (tertiary/aromatic N) is 1. The molecule has 1 saturated heterocycles. The summed E-state index contributed by atoms with van der Waals surface area (Å²) in [5.41, 5.74) is 2.49. The zero-order valence-electron chi connectivity index (χ0n) is 15.8. The topological polar surface area (TPSA) is 32.7 Å². The molecule has 2 aromatic carbocycles. The molecule has 3 heteroatoms. The molecule has 3 nitrogen and oxygen atoms in total. The number of likely N-dealkylation sites (tertiary alicyclic amines) is 1. The molecule has 2 aromatic rings. The van der Waals surface area contributed by atoms with Crippen LogP contribution in [0.25, 0.3) is 0 Å². The van der Waals surface area contributed by atoms with Crippen LogP contribution >= 0.6 is 0 Å². The Labute approximate surface area is 157 Å². The SMILES string of the molecule is CCCC[C@H]1CN(Cc2ccccc2)[C@@H](CO)[C@@H]1OCc1ccccc1. The van der Waals surface area contributed by atoms with E-state index in [-0.39, 0.29) is 18.8 Å². The normalized spacial score (nSPS) is 23.4. The summed E-state index contributed by atoms with van der Waals surface area (Å²) in [5, 5.41) is 10.1. The minimum Gasteiger partial charge on any atom is -0.395 e. The molecule has 0 aliphatic carbocycles. The number of aliphatic hydroxyl groups is 1. The van der Waals surface area contributed by atoms with Crippen molar-refractivity contribution in [2.45, 2.75) is 51.5 Å². The molecule has 26 heavy (non-hydrogen) atoms. The van der Waals surface area contributed by atoms with E-state index in [9.17, 15) is 5.11 Å². The highest BCUT2D eigenvalue weighted by atomic mass is 16.5. The van der Waals surface area contributed by atoms with Gasteiger partial charge < -0.3 is 9.84 Å². The molecule has 0 saturated carbocycles. The summed E-state index contributed by atoms with van der Waals surface area (Å²) in [6.45, 7) is 4.87. The maximum atomic E-state index is 10.1. The predicted octanol–water partition coefficient (Wildman–Crippen LogP) is 4.25. The van der Waals surface area contributed by atoms with Crippen LogP contribution in [0.4, 0.5) is 0 Å². The molecule has 0 spiro atoms. The van der Waals surface area contributed by atoms with E-state index in [0.29, 0.717) is 12.5 Å². The van der Waals surface area contributed by atoms with Gasteiger partial charge in [-0.1, -0.05) is 80.4 Å². The van der Waals surface area contributed by atoms with Gasteiger partial charge in [-0.25, -0.2) is 0 Å². The van der Waals surface area contributed by atoms with Crippen molar-refractivity contribution >= 4 is 0 Å². The van der Waals surface area contributed by atoms with E-state index < -0.39 is 0 Å². The molecule has 0 aromatic heterocycles. The summed E-state index contributed by atoms with van der Waals surface area (Å²) in [4.78, 5) is 2.41. The first-order valence-corrected chi connectivity index (χ1v) is 9.86. The number of ether oxygens (including phenoxy) is 1. The Hall–Kier alpha value is -1.68. The van der Waals surface area contributed by atoms with Crippen molar-refractivity contribution in [2.24, 2.45) is 5.92 Å². The van der Waals surface area contributed by atoms with Crippen molar-refractivity contribution in [3.8, 4) is 0 Å². The molecule has 0 radical (unpaired) electrons. The van der Waals surface area contributed by atoms with E-state index >= 15 is 0 Å². The predicted molar refractivity (Wildman–Crippen MR) is 106 cm³/mol. The second-order valence-electron chi connectivity index (χ2n) is 7.33. The minimum atomic E-state index is 0.0702. The first kappa shape index (κ1) is 19.1. The smallest absolute Gasteiger partial charge is 0.0797 e. The van der Waals surface area contributed by atoms with Gasteiger partial charge in [-0.2, -0.15) is 0 Å². The number of aliphatic hydroxyl groups excluding tert-OH is 1. The van der Waals surface area contributed by atoms with Crippen LogP contribution in [-0.2, 0) is 17.9 Å². The Bertz CT molecular complexity index is 631. The van der Waals surface area contributed by atoms with Gasteiger partial charge >= 0.3 is 0 Å². The van der Waals surface area contributed by atoms with Gasteiger partial charge in [0.15, 0.2) is 0 Å². The van der Waals surface area contributed by atoms with E-state index in [1.807, 2.05) is 24.3 Å². The first-order valence-electron chi connectivity index (χ1n) is 9.86. The Morgan fingerprint density at radius 1 is 1.00 bits per heavy atom. The highest BCUT2D eigenvalue weighted by molar-refractivity contribution is 5.16. The molecular formula is C23H31NO2. The fourth-order valence-corrected chi connectivity index (χ4v) is 4.02. The lowest BCUT2D eigenvalue weighted by atomic mass is 9.96. The number of rotatable bonds is 9. The molecule has 0 amide bonds. The van der Waals surface area contributed by atoms with Gasteiger partial charge in [-0.3, -0.25) is 4.90 Å². The van der Waals surface area contributed by atoms with Crippen LogP contribution in [0.15, 0.2) is 60.7 Å². The van der Waals surface area contributed by atoms with Crippen LogP contribution in [0.3, 0.4) is 0 Å². The molecule has 140 valence electrons. The highest BCUT2D eigenvalue weighted by Gasteiger charge is 2.41. The maximum Gasteiger partial charge on any atom is 0.0797 e. The van der Waals surface area contributed by atoms with Crippen molar-refractivity contribution in [2.75, 3.05) is 13.2 Å². The van der Waals surface area contributed by atoms with Gasteiger partial charge in [0.2, 0.25) is 0 Å². The van der Waals surface area contributed by atoms with E-state index in [1.54, 1.807) is 0 Å². The van der Waals surface area contributed by atoms with E-state index in [0.717, 1.165) is 19.5 Å². The Balaban J connectivity index is 1.69. The Kier molecular flexibility index (Phi) is 7.24. The Morgan fingerprint density at radius 2 is 1.65 bits per heavy atom. The summed E-state index contributed by atoms with van der Waals surface area (Å²) in [6, 6.07) is 20.9. The molecule has 1 heterocycles. The lowest BCUT2D eigenvalue weighted by Gasteiger charge is -2.27. The minimum absolute atomic E-state index is 0.0702. The third-order valence-electron chi connectivity index (χ3n) is 5.41. The highest BCUT2D eigenvalue weighted by Crippen LogP contribution is 2.32. The molecule has 0 unspecified atom stereocenters. The van der Waals surface area contributed by atoms with Gasteiger partial charge in [0, 0.05) is 13.1 Å². The summed E-state index contributed by atoms with van der Waals surface area (Å²) < 4.78 is 6.37. The number of hydrogen-bond donors (Lipinski definition) is 1. The molecule has 3 rings (SSSR count). The number of benzene rings is 2. The number of hydrogen-bond acceptors (Lipinski definition) is 3. The van der Waals surface area contributed by atoms with Crippen LogP contribution in [0.2, 0.25) is 0 Å². The molecule has 1 N–H and O–H groups in total. The summed E-state index contributed by atoms with van der Waals surface area (Å²) >= 11 is 0. The third kappa shape index (κ3) is 4.94. The van der Waals surface area contributed by atoms with Gasteiger partial charge in [0.1, 0.15) is 0 Å². The summed E-state index contributed by atoms with van der Waals surface area (Å²) in [6.07, 6.45) is 3.67. The van der Waals surface area contributed by atoms with Crippen molar-refractivity contribution in [3.63, 3.8) is 0 Å². The van der Waals surface area contributed by atoms with Gasteiger partial charge in [-0.15, -0.1) is 0 Å². The fraction of sp³-hybridized carbons (Fsp3) is 0.478. The Morgan fingerprint density at radius 3 is 2.27 bits per heavy atom. The molecular weight excluding hydrogens is 322 g/mol. The lowest BCUT2D eigenvalue weighted by Crippen LogP contribution is -2.39. The summed E-state index contributed by atoms with van der Waals surface area (Å²) in [7, 11) is 0. The molecule has 1 aliphatic heterocycles. The van der Waals surface area contributed by atoms with E-state index in [2.05, 4.69) is 48.2 Å².